The molecular weight excluding hydrogens is 130 g/mol. The van der Waals surface area contributed by atoms with Crippen molar-refractivity contribution in [3.63, 3.8) is 0 Å². The first-order valence-corrected chi connectivity index (χ1v) is 3.50. The van der Waals surface area contributed by atoms with E-state index < -0.39 is 0 Å². The Morgan fingerprint density at radius 2 is 2.20 bits per heavy atom. The van der Waals surface area contributed by atoms with E-state index in [4.69, 9.17) is 0 Å². The molecule has 0 saturated carbocycles. The third kappa shape index (κ3) is 4.06. The van der Waals surface area contributed by atoms with Crippen molar-refractivity contribution in [2.45, 2.75) is 32.2 Å². The average Bonchev–Trinajstić information content (AvgIpc) is 1.98. The lowest BCUT2D eigenvalue weighted by molar-refractivity contribution is -0.115. The standard InChI is InChI=1S/C7H13NO2/c1-2-3-4-7(5-9)8-6-10/h5-7H,2-4H2,1H3,(H,8,10). The summed E-state index contributed by atoms with van der Waals surface area (Å²) in [5.41, 5.74) is 0. The fraction of sp³-hybridized carbons (Fsp3) is 0.714. The van der Waals surface area contributed by atoms with Crippen molar-refractivity contribution in [2.75, 3.05) is 0 Å². The summed E-state index contributed by atoms with van der Waals surface area (Å²) in [6, 6.07) is -0.280. The molecule has 0 saturated heterocycles. The quantitative estimate of drug-likeness (QED) is 0.550. The Morgan fingerprint density at radius 3 is 2.60 bits per heavy atom. The summed E-state index contributed by atoms with van der Waals surface area (Å²) in [6.45, 7) is 2.04. The van der Waals surface area contributed by atoms with Crippen molar-refractivity contribution in [3.05, 3.63) is 0 Å². The highest BCUT2D eigenvalue weighted by molar-refractivity contribution is 5.63. The molecule has 0 heterocycles. The molecule has 0 aromatic carbocycles. The van der Waals surface area contributed by atoms with E-state index in [2.05, 4.69) is 5.32 Å². The lowest BCUT2D eigenvalue weighted by Gasteiger charge is -2.05. The molecule has 0 aliphatic carbocycles. The van der Waals surface area contributed by atoms with Gasteiger partial charge in [0.05, 0.1) is 6.04 Å². The van der Waals surface area contributed by atoms with E-state index >= 15 is 0 Å². The molecule has 0 spiro atoms. The molecule has 1 unspecified atom stereocenters. The molecule has 0 fully saturated rings. The molecule has 0 radical (unpaired) electrons. The third-order valence-electron chi connectivity index (χ3n) is 1.32. The highest BCUT2D eigenvalue weighted by Crippen LogP contribution is 1.96. The first kappa shape index (κ1) is 9.14. The van der Waals surface area contributed by atoms with E-state index in [1.54, 1.807) is 0 Å². The van der Waals surface area contributed by atoms with E-state index in [0.29, 0.717) is 6.41 Å². The van der Waals surface area contributed by atoms with Crippen LogP contribution in [0.1, 0.15) is 26.2 Å². The van der Waals surface area contributed by atoms with Gasteiger partial charge in [-0.25, -0.2) is 0 Å². The minimum atomic E-state index is -0.280. The summed E-state index contributed by atoms with van der Waals surface area (Å²) in [4.78, 5) is 20.0. The van der Waals surface area contributed by atoms with Crippen molar-refractivity contribution in [3.8, 4) is 0 Å². The predicted octanol–water partition coefficient (Wildman–Crippen LogP) is 0.490. The monoisotopic (exact) mass is 143 g/mol. The van der Waals surface area contributed by atoms with Gasteiger partial charge in [-0.3, -0.25) is 4.79 Å². The summed E-state index contributed by atoms with van der Waals surface area (Å²) in [7, 11) is 0. The van der Waals surface area contributed by atoms with Crippen molar-refractivity contribution in [2.24, 2.45) is 0 Å². The fourth-order valence-corrected chi connectivity index (χ4v) is 0.702. The number of carbonyl (C=O) groups is 2. The first-order chi connectivity index (χ1) is 4.85. The van der Waals surface area contributed by atoms with Crippen molar-refractivity contribution < 1.29 is 9.59 Å². The molecule has 1 atom stereocenters. The number of rotatable bonds is 6. The Bertz CT molecular complexity index is 104. The molecule has 0 aromatic heterocycles. The molecule has 3 nitrogen and oxygen atoms in total. The van der Waals surface area contributed by atoms with Gasteiger partial charge < -0.3 is 10.1 Å². The number of aldehydes is 1. The van der Waals surface area contributed by atoms with Crippen LogP contribution < -0.4 is 5.32 Å². The summed E-state index contributed by atoms with van der Waals surface area (Å²) in [6.07, 6.45) is 4.10. The van der Waals surface area contributed by atoms with Gasteiger partial charge >= 0.3 is 0 Å². The molecule has 0 aliphatic rings. The lowest BCUT2D eigenvalue weighted by atomic mass is 10.1. The van der Waals surface area contributed by atoms with E-state index in [0.717, 1.165) is 25.5 Å². The smallest absolute Gasteiger partial charge is 0.207 e. The van der Waals surface area contributed by atoms with Crippen molar-refractivity contribution in [1.82, 2.24) is 5.32 Å². The van der Waals surface area contributed by atoms with Gasteiger partial charge in [0, 0.05) is 0 Å². The van der Waals surface area contributed by atoms with Crippen LogP contribution in [-0.2, 0) is 9.59 Å². The highest BCUT2D eigenvalue weighted by Gasteiger charge is 2.02. The molecule has 0 aromatic rings. The van der Waals surface area contributed by atoms with E-state index in [-0.39, 0.29) is 6.04 Å². The Kier molecular flexibility index (Phi) is 5.72. The second kappa shape index (κ2) is 6.26. The Hall–Kier alpha value is -0.860. The minimum absolute atomic E-state index is 0.280. The minimum Gasteiger partial charge on any atom is -0.349 e. The molecule has 1 N–H and O–H groups in total. The second-order valence-corrected chi connectivity index (χ2v) is 2.17. The van der Waals surface area contributed by atoms with Crippen LogP contribution in [0.4, 0.5) is 0 Å². The van der Waals surface area contributed by atoms with Gasteiger partial charge in [0.25, 0.3) is 0 Å². The number of hydrogen-bond acceptors (Lipinski definition) is 2. The number of carbonyl (C=O) groups excluding carboxylic acids is 2. The molecule has 0 rings (SSSR count). The fourth-order valence-electron chi connectivity index (χ4n) is 0.702. The Labute approximate surface area is 60.8 Å². The van der Waals surface area contributed by atoms with Crippen molar-refractivity contribution >= 4 is 12.7 Å². The first-order valence-electron chi connectivity index (χ1n) is 3.50. The highest BCUT2D eigenvalue weighted by atomic mass is 16.1. The van der Waals surface area contributed by atoms with E-state index in [1.807, 2.05) is 6.92 Å². The van der Waals surface area contributed by atoms with Crippen LogP contribution in [0.2, 0.25) is 0 Å². The van der Waals surface area contributed by atoms with E-state index in [1.165, 1.54) is 0 Å². The van der Waals surface area contributed by atoms with Crippen LogP contribution in [0.15, 0.2) is 0 Å². The topological polar surface area (TPSA) is 46.2 Å². The zero-order valence-electron chi connectivity index (χ0n) is 6.17. The normalized spacial score (nSPS) is 12.1. The van der Waals surface area contributed by atoms with Crippen molar-refractivity contribution in [1.29, 1.82) is 0 Å². The van der Waals surface area contributed by atoms with Gasteiger partial charge in [-0.2, -0.15) is 0 Å². The number of unbranched alkanes of at least 4 members (excludes halogenated alkanes) is 1. The molecule has 1 amide bonds. The maximum atomic E-state index is 10.2. The van der Waals surface area contributed by atoms with Gasteiger partial charge in [0.15, 0.2) is 0 Å². The van der Waals surface area contributed by atoms with Crippen LogP contribution in [0.5, 0.6) is 0 Å². The Balaban J connectivity index is 3.38. The van der Waals surface area contributed by atoms with Crippen LogP contribution in [0.3, 0.4) is 0 Å². The van der Waals surface area contributed by atoms with E-state index in [9.17, 15) is 9.59 Å². The van der Waals surface area contributed by atoms with Gasteiger partial charge in [-0.15, -0.1) is 0 Å². The van der Waals surface area contributed by atoms with Gasteiger partial charge in [0.2, 0.25) is 6.41 Å². The lowest BCUT2D eigenvalue weighted by Crippen LogP contribution is -2.28. The second-order valence-electron chi connectivity index (χ2n) is 2.17. The largest absolute Gasteiger partial charge is 0.349 e. The molecular formula is C7H13NO2. The molecule has 0 aliphatic heterocycles. The maximum absolute atomic E-state index is 10.2. The zero-order valence-corrected chi connectivity index (χ0v) is 6.17. The zero-order chi connectivity index (χ0) is 7.82. The van der Waals surface area contributed by atoms with Crippen LogP contribution in [0.25, 0.3) is 0 Å². The van der Waals surface area contributed by atoms with Gasteiger partial charge in [0.1, 0.15) is 6.29 Å². The maximum Gasteiger partial charge on any atom is 0.207 e. The van der Waals surface area contributed by atoms with Crippen LogP contribution in [-0.4, -0.2) is 18.7 Å². The summed E-state index contributed by atoms with van der Waals surface area (Å²) in [5, 5.41) is 2.42. The average molecular weight is 143 g/mol. The summed E-state index contributed by atoms with van der Waals surface area (Å²) >= 11 is 0. The van der Waals surface area contributed by atoms with Gasteiger partial charge in [-0.05, 0) is 6.42 Å². The van der Waals surface area contributed by atoms with Gasteiger partial charge in [-0.1, -0.05) is 19.8 Å². The number of nitrogens with one attached hydrogen (secondary N) is 1. The molecule has 10 heavy (non-hydrogen) atoms. The molecule has 58 valence electrons. The third-order valence-corrected chi connectivity index (χ3v) is 1.32. The summed E-state index contributed by atoms with van der Waals surface area (Å²) < 4.78 is 0. The number of hydrogen-bond donors (Lipinski definition) is 1. The summed E-state index contributed by atoms with van der Waals surface area (Å²) in [5.74, 6) is 0. The van der Waals surface area contributed by atoms with Crippen LogP contribution in [0, 0.1) is 0 Å². The SMILES string of the molecule is CCCCC(C=O)NC=O. The Morgan fingerprint density at radius 1 is 1.50 bits per heavy atom. The molecule has 3 heteroatoms. The predicted molar refractivity (Wildman–Crippen MR) is 38.6 cm³/mol. The number of amides is 1. The molecule has 0 bridgehead atoms. The van der Waals surface area contributed by atoms with Crippen LogP contribution >= 0.6 is 0 Å².